The lowest BCUT2D eigenvalue weighted by molar-refractivity contribution is -0.144. The first kappa shape index (κ1) is 20.3. The molecule has 1 heterocycles. The summed E-state index contributed by atoms with van der Waals surface area (Å²) >= 11 is 0. The van der Waals surface area contributed by atoms with E-state index in [0.29, 0.717) is 29.6 Å². The van der Waals surface area contributed by atoms with E-state index in [4.69, 9.17) is 4.74 Å². The second kappa shape index (κ2) is 8.68. The number of methoxy groups -OCH3 is 1. The van der Waals surface area contributed by atoms with Crippen LogP contribution in [0, 0.1) is 5.92 Å². The average Bonchev–Trinajstić information content (AvgIpc) is 2.74. The van der Waals surface area contributed by atoms with Crippen molar-refractivity contribution in [1.82, 2.24) is 9.78 Å². The second-order valence-electron chi connectivity index (χ2n) is 6.79. The predicted molar refractivity (Wildman–Crippen MR) is 111 cm³/mol. The van der Waals surface area contributed by atoms with Crippen molar-refractivity contribution in [3.05, 3.63) is 70.0 Å². The summed E-state index contributed by atoms with van der Waals surface area (Å²) < 4.78 is 6.38. The number of esters is 1. The zero-order valence-corrected chi connectivity index (χ0v) is 16.6. The van der Waals surface area contributed by atoms with Gasteiger partial charge < -0.3 is 10.1 Å². The van der Waals surface area contributed by atoms with Crippen LogP contribution in [0.15, 0.2) is 53.3 Å². The standard InChI is InChI=1S/C22H23N3O4/c1-4-25-18-8-6-5-7-17(18)20(26)19(24-25)21(27)23-16-11-9-15(10-12-16)13-14(2)22(28)29-3/h5-12,14H,4,13H2,1-3H3,(H,23,27). The first-order valence-corrected chi connectivity index (χ1v) is 9.42. The number of amides is 1. The number of carbonyl (C=O) groups is 2. The molecule has 0 saturated carbocycles. The first-order valence-electron chi connectivity index (χ1n) is 9.42. The highest BCUT2D eigenvalue weighted by molar-refractivity contribution is 6.04. The predicted octanol–water partition coefficient (Wildman–Crippen LogP) is 3.02. The SMILES string of the molecule is CCn1nc(C(=O)Nc2ccc(CC(C)C(=O)OC)cc2)c(=O)c2ccccc21. The molecule has 7 heteroatoms. The Labute approximate surface area is 168 Å². The Balaban J connectivity index is 1.81. The van der Waals surface area contributed by atoms with Crippen molar-refractivity contribution in [2.45, 2.75) is 26.8 Å². The maximum Gasteiger partial charge on any atom is 0.308 e. The van der Waals surface area contributed by atoms with Crippen molar-refractivity contribution in [2.24, 2.45) is 5.92 Å². The van der Waals surface area contributed by atoms with Crippen LogP contribution < -0.4 is 10.7 Å². The number of rotatable bonds is 6. The number of fused-ring (bicyclic) bond motifs is 1. The molecule has 1 aromatic heterocycles. The molecule has 0 aliphatic heterocycles. The van der Waals surface area contributed by atoms with Crippen molar-refractivity contribution in [3.63, 3.8) is 0 Å². The quantitative estimate of drug-likeness (QED) is 0.650. The molecule has 0 fully saturated rings. The number of nitrogens with one attached hydrogen (secondary N) is 1. The van der Waals surface area contributed by atoms with Crippen LogP contribution in [0.4, 0.5) is 5.69 Å². The molecule has 7 nitrogen and oxygen atoms in total. The van der Waals surface area contributed by atoms with Gasteiger partial charge in [-0.15, -0.1) is 0 Å². The van der Waals surface area contributed by atoms with E-state index in [2.05, 4.69) is 10.4 Å². The van der Waals surface area contributed by atoms with Gasteiger partial charge in [0.25, 0.3) is 5.91 Å². The van der Waals surface area contributed by atoms with E-state index in [0.717, 1.165) is 5.56 Å². The topological polar surface area (TPSA) is 90.3 Å². The highest BCUT2D eigenvalue weighted by atomic mass is 16.5. The average molecular weight is 393 g/mol. The minimum atomic E-state index is -0.557. The fourth-order valence-corrected chi connectivity index (χ4v) is 3.18. The number of aromatic nitrogens is 2. The molecule has 0 saturated heterocycles. The number of nitrogens with zero attached hydrogens (tertiary/aromatic N) is 2. The molecule has 3 rings (SSSR count). The summed E-state index contributed by atoms with van der Waals surface area (Å²) in [5.41, 5.74) is 1.64. The molecule has 1 amide bonds. The number of aryl methyl sites for hydroxylation is 1. The normalized spacial score (nSPS) is 11.8. The van der Waals surface area contributed by atoms with Crippen molar-refractivity contribution >= 4 is 28.5 Å². The number of benzene rings is 2. The maximum atomic E-state index is 12.7. The second-order valence-corrected chi connectivity index (χ2v) is 6.79. The lowest BCUT2D eigenvalue weighted by atomic mass is 10.0. The molecule has 2 aromatic carbocycles. The molecular weight excluding hydrogens is 370 g/mol. The number of carbonyl (C=O) groups excluding carboxylic acids is 2. The van der Waals surface area contributed by atoms with Crippen LogP contribution in [0.25, 0.3) is 10.9 Å². The summed E-state index contributed by atoms with van der Waals surface area (Å²) in [6.07, 6.45) is 0.536. The van der Waals surface area contributed by atoms with Gasteiger partial charge in [0.1, 0.15) is 0 Å². The van der Waals surface area contributed by atoms with Crippen molar-refractivity contribution in [2.75, 3.05) is 12.4 Å². The summed E-state index contributed by atoms with van der Waals surface area (Å²) in [7, 11) is 1.37. The van der Waals surface area contributed by atoms with E-state index in [1.165, 1.54) is 7.11 Å². The van der Waals surface area contributed by atoms with Crippen LogP contribution in [0.1, 0.15) is 29.9 Å². The lowest BCUT2D eigenvalue weighted by Crippen LogP contribution is -2.27. The summed E-state index contributed by atoms with van der Waals surface area (Å²) in [6.45, 7) is 4.24. The molecule has 1 N–H and O–H groups in total. The van der Waals surface area contributed by atoms with E-state index in [1.54, 1.807) is 35.9 Å². The summed E-state index contributed by atoms with van der Waals surface area (Å²) in [4.78, 5) is 37.0. The van der Waals surface area contributed by atoms with Gasteiger partial charge in [0.05, 0.1) is 18.5 Å². The Kier molecular flexibility index (Phi) is 6.07. The summed E-state index contributed by atoms with van der Waals surface area (Å²) in [5, 5.41) is 7.42. The van der Waals surface area contributed by atoms with E-state index in [-0.39, 0.29) is 17.6 Å². The Hall–Kier alpha value is -3.48. The fourth-order valence-electron chi connectivity index (χ4n) is 3.18. The molecule has 1 unspecified atom stereocenters. The highest BCUT2D eigenvalue weighted by Crippen LogP contribution is 2.15. The number of hydrogen-bond acceptors (Lipinski definition) is 5. The van der Waals surface area contributed by atoms with E-state index < -0.39 is 11.3 Å². The summed E-state index contributed by atoms with van der Waals surface area (Å²) in [6, 6.07) is 14.2. The Bertz CT molecular complexity index is 1100. The van der Waals surface area contributed by atoms with Crippen LogP contribution >= 0.6 is 0 Å². The minimum Gasteiger partial charge on any atom is -0.469 e. The molecule has 1 atom stereocenters. The van der Waals surface area contributed by atoms with Crippen molar-refractivity contribution < 1.29 is 14.3 Å². The number of ether oxygens (including phenoxy) is 1. The van der Waals surface area contributed by atoms with E-state index >= 15 is 0 Å². The van der Waals surface area contributed by atoms with E-state index in [1.807, 2.05) is 31.2 Å². The molecule has 0 spiro atoms. The summed E-state index contributed by atoms with van der Waals surface area (Å²) in [5.74, 6) is -1.08. The van der Waals surface area contributed by atoms with Crippen LogP contribution in [-0.2, 0) is 22.5 Å². The fraction of sp³-hybridized carbons (Fsp3) is 0.273. The molecular formula is C22H23N3O4. The number of para-hydroxylation sites is 1. The van der Waals surface area contributed by atoms with Crippen molar-refractivity contribution in [1.29, 1.82) is 0 Å². The third-order valence-electron chi connectivity index (χ3n) is 4.73. The zero-order valence-electron chi connectivity index (χ0n) is 16.6. The van der Waals surface area contributed by atoms with Gasteiger partial charge in [-0.3, -0.25) is 19.1 Å². The molecule has 0 aliphatic carbocycles. The Morgan fingerprint density at radius 2 is 1.83 bits per heavy atom. The monoisotopic (exact) mass is 393 g/mol. The minimum absolute atomic E-state index is 0.144. The van der Waals surface area contributed by atoms with E-state index in [9.17, 15) is 14.4 Å². The van der Waals surface area contributed by atoms with Gasteiger partial charge in [0.2, 0.25) is 5.43 Å². The van der Waals surface area contributed by atoms with Gasteiger partial charge in [-0.05, 0) is 43.2 Å². The first-order chi connectivity index (χ1) is 13.9. The Morgan fingerprint density at radius 1 is 1.14 bits per heavy atom. The smallest absolute Gasteiger partial charge is 0.308 e. The molecule has 0 bridgehead atoms. The molecule has 0 aliphatic rings. The maximum absolute atomic E-state index is 12.7. The van der Waals surface area contributed by atoms with Crippen molar-refractivity contribution in [3.8, 4) is 0 Å². The van der Waals surface area contributed by atoms with Gasteiger partial charge in [0, 0.05) is 17.6 Å². The lowest BCUT2D eigenvalue weighted by Gasteiger charge is -2.11. The largest absolute Gasteiger partial charge is 0.469 e. The number of hydrogen-bond donors (Lipinski definition) is 1. The van der Waals surface area contributed by atoms with Gasteiger partial charge in [0.15, 0.2) is 5.69 Å². The molecule has 0 radical (unpaired) electrons. The molecule has 3 aromatic rings. The highest BCUT2D eigenvalue weighted by Gasteiger charge is 2.18. The third-order valence-corrected chi connectivity index (χ3v) is 4.73. The van der Waals surface area contributed by atoms with Gasteiger partial charge in [-0.2, -0.15) is 5.10 Å². The van der Waals surface area contributed by atoms with Crippen LogP contribution in [0.3, 0.4) is 0 Å². The Morgan fingerprint density at radius 3 is 2.48 bits per heavy atom. The molecule has 29 heavy (non-hydrogen) atoms. The number of anilines is 1. The van der Waals surface area contributed by atoms with Crippen LogP contribution in [-0.4, -0.2) is 28.8 Å². The zero-order chi connectivity index (χ0) is 21.0. The van der Waals surface area contributed by atoms with Gasteiger partial charge in [-0.25, -0.2) is 0 Å². The van der Waals surface area contributed by atoms with Gasteiger partial charge in [-0.1, -0.05) is 31.2 Å². The molecule has 150 valence electrons. The third kappa shape index (κ3) is 4.34. The van der Waals surface area contributed by atoms with Gasteiger partial charge >= 0.3 is 5.97 Å². The van der Waals surface area contributed by atoms with Crippen LogP contribution in [0.2, 0.25) is 0 Å². The van der Waals surface area contributed by atoms with Crippen LogP contribution in [0.5, 0.6) is 0 Å².